The molecule has 0 saturated heterocycles. The maximum absolute atomic E-state index is 14.0. The Kier molecular flexibility index (Phi) is 6.46. The minimum atomic E-state index is -4.12. The highest BCUT2D eigenvalue weighted by molar-refractivity contribution is 7.89. The summed E-state index contributed by atoms with van der Waals surface area (Å²) >= 11 is 0. The number of amides is 1. The minimum Gasteiger partial charge on any atom is -0.319 e. The first-order chi connectivity index (χ1) is 17.9. The minimum absolute atomic E-state index is 0.0229. The molecule has 4 aromatic carbocycles. The summed E-state index contributed by atoms with van der Waals surface area (Å²) in [6.45, 7) is 1.85. The van der Waals surface area contributed by atoms with Crippen molar-refractivity contribution in [3.63, 3.8) is 0 Å². The zero-order chi connectivity index (χ0) is 26.0. The van der Waals surface area contributed by atoms with Crippen molar-refractivity contribution < 1.29 is 18.0 Å². The van der Waals surface area contributed by atoms with Gasteiger partial charge in [0.2, 0.25) is 5.78 Å². The van der Waals surface area contributed by atoms with E-state index in [0.717, 1.165) is 9.87 Å². The number of benzene rings is 4. The first-order valence-electron chi connectivity index (χ1n) is 11.7. The summed E-state index contributed by atoms with van der Waals surface area (Å²) in [4.78, 5) is 27.3. The number of rotatable bonds is 6. The lowest BCUT2D eigenvalue weighted by molar-refractivity contribution is 0.0972. The van der Waals surface area contributed by atoms with Crippen molar-refractivity contribution in [3.05, 3.63) is 143 Å². The molecule has 37 heavy (non-hydrogen) atoms. The number of Topliss-reactive ketones (excluding diaryl/α,β-unsaturated/α-hetero) is 1. The van der Waals surface area contributed by atoms with Gasteiger partial charge in [0.25, 0.3) is 15.9 Å². The van der Waals surface area contributed by atoms with Crippen molar-refractivity contribution in [1.82, 2.24) is 9.62 Å². The number of hydrogen-bond acceptors (Lipinski definition) is 4. The molecule has 0 bridgehead atoms. The van der Waals surface area contributed by atoms with Gasteiger partial charge in [-0.25, -0.2) is 8.42 Å². The van der Waals surface area contributed by atoms with Crippen molar-refractivity contribution in [1.29, 1.82) is 0 Å². The molecule has 0 radical (unpaired) electrons. The van der Waals surface area contributed by atoms with Crippen LogP contribution in [0.25, 0.3) is 5.70 Å². The number of sulfonamides is 1. The van der Waals surface area contributed by atoms with Gasteiger partial charge < -0.3 is 5.32 Å². The summed E-state index contributed by atoms with van der Waals surface area (Å²) in [6.07, 6.45) is 0. The number of nitrogens with one attached hydrogen (secondary N) is 1. The van der Waals surface area contributed by atoms with Crippen molar-refractivity contribution in [3.8, 4) is 0 Å². The quantitative estimate of drug-likeness (QED) is 0.364. The Morgan fingerprint density at radius 3 is 2.00 bits per heavy atom. The van der Waals surface area contributed by atoms with Gasteiger partial charge in [-0.3, -0.25) is 13.9 Å². The molecule has 0 fully saturated rings. The Balaban J connectivity index is 1.74. The number of allylic oxidation sites excluding steroid dienone is 1. The molecule has 0 atom stereocenters. The van der Waals surface area contributed by atoms with E-state index in [1.807, 2.05) is 37.3 Å². The van der Waals surface area contributed by atoms with Crippen LogP contribution in [-0.4, -0.2) is 24.4 Å². The van der Waals surface area contributed by atoms with Crippen molar-refractivity contribution in [2.24, 2.45) is 0 Å². The smallest absolute Gasteiger partial charge is 0.265 e. The van der Waals surface area contributed by atoms with E-state index in [2.05, 4.69) is 5.32 Å². The molecule has 0 unspecified atom stereocenters. The van der Waals surface area contributed by atoms with E-state index < -0.39 is 21.7 Å². The third-order valence-electron chi connectivity index (χ3n) is 6.18. The Bertz CT molecular complexity index is 1610. The molecular weight excluding hydrogens is 484 g/mol. The molecule has 7 heteroatoms. The molecule has 1 N–H and O–H groups in total. The molecule has 1 aliphatic heterocycles. The summed E-state index contributed by atoms with van der Waals surface area (Å²) < 4.78 is 28.9. The highest BCUT2D eigenvalue weighted by Gasteiger charge is 2.40. The highest BCUT2D eigenvalue weighted by Crippen LogP contribution is 2.38. The Morgan fingerprint density at radius 2 is 1.32 bits per heavy atom. The van der Waals surface area contributed by atoms with E-state index in [1.54, 1.807) is 72.8 Å². The van der Waals surface area contributed by atoms with Crippen molar-refractivity contribution in [2.75, 3.05) is 0 Å². The zero-order valence-electron chi connectivity index (χ0n) is 20.1. The van der Waals surface area contributed by atoms with E-state index in [-0.39, 0.29) is 28.4 Å². The Hall–Kier alpha value is -4.49. The van der Waals surface area contributed by atoms with Gasteiger partial charge in [0.05, 0.1) is 17.1 Å². The van der Waals surface area contributed by atoms with Crippen LogP contribution in [0.5, 0.6) is 0 Å². The van der Waals surface area contributed by atoms with Gasteiger partial charge in [-0.1, -0.05) is 96.6 Å². The average Bonchev–Trinajstić information content (AvgIpc) is 2.92. The van der Waals surface area contributed by atoms with Crippen molar-refractivity contribution >= 4 is 27.4 Å². The lowest BCUT2D eigenvalue weighted by Crippen LogP contribution is -2.41. The number of carbonyl (C=O) groups excluding carboxylic acids is 2. The third-order valence-corrected chi connectivity index (χ3v) is 7.99. The number of ketones is 1. The van der Waals surface area contributed by atoms with Gasteiger partial charge >= 0.3 is 0 Å². The topological polar surface area (TPSA) is 83.6 Å². The van der Waals surface area contributed by atoms with E-state index in [9.17, 15) is 18.0 Å². The molecule has 4 aromatic rings. The molecule has 0 spiro atoms. The lowest BCUT2D eigenvalue weighted by atomic mass is 10.0. The van der Waals surface area contributed by atoms with E-state index in [1.165, 1.54) is 6.07 Å². The van der Waals surface area contributed by atoms with Gasteiger partial charge in [0.15, 0.2) is 0 Å². The van der Waals surface area contributed by atoms with Gasteiger partial charge in [-0.05, 0) is 30.7 Å². The van der Waals surface area contributed by atoms with Crippen LogP contribution in [0, 0.1) is 6.92 Å². The second kappa shape index (κ2) is 9.87. The molecule has 5 rings (SSSR count). The fourth-order valence-corrected chi connectivity index (χ4v) is 5.94. The standard InChI is InChI=1S/C30H24N2O4S/c1-21-16-18-24(19-17-21)30(34)31-27-25-14-8-9-15-26(25)37(35,36)32(20-22-10-4-2-5-11-22)28(27)29(33)23-12-6-3-7-13-23/h2-19H,20H2,1H3,(H,31,34). The molecule has 0 aromatic heterocycles. The van der Waals surface area contributed by atoms with Crippen LogP contribution in [0.2, 0.25) is 0 Å². The Morgan fingerprint density at radius 1 is 0.730 bits per heavy atom. The molecule has 1 aliphatic rings. The highest BCUT2D eigenvalue weighted by atomic mass is 32.2. The van der Waals surface area contributed by atoms with E-state index in [0.29, 0.717) is 16.7 Å². The summed E-state index contributed by atoms with van der Waals surface area (Å²) in [5, 5.41) is 2.88. The van der Waals surface area contributed by atoms with E-state index in [4.69, 9.17) is 0 Å². The molecule has 6 nitrogen and oxygen atoms in total. The van der Waals surface area contributed by atoms with Crippen LogP contribution in [-0.2, 0) is 16.6 Å². The van der Waals surface area contributed by atoms with Gasteiger partial charge in [-0.15, -0.1) is 0 Å². The van der Waals surface area contributed by atoms with Gasteiger partial charge in [-0.2, -0.15) is 0 Å². The van der Waals surface area contributed by atoms with Crippen LogP contribution in [0.4, 0.5) is 0 Å². The fraction of sp³-hybridized carbons (Fsp3) is 0.0667. The fourth-order valence-electron chi connectivity index (χ4n) is 4.27. The predicted molar refractivity (Wildman–Crippen MR) is 142 cm³/mol. The monoisotopic (exact) mass is 508 g/mol. The molecule has 1 heterocycles. The number of hydrogen-bond donors (Lipinski definition) is 1. The molecular formula is C30H24N2O4S. The third kappa shape index (κ3) is 4.69. The summed E-state index contributed by atoms with van der Waals surface area (Å²) in [6, 6.07) is 30.9. The van der Waals surface area contributed by atoms with Crippen LogP contribution in [0.15, 0.2) is 120 Å². The second-order valence-corrected chi connectivity index (χ2v) is 10.6. The number of aryl methyl sites for hydroxylation is 1. The summed E-state index contributed by atoms with van der Waals surface area (Å²) in [5.74, 6) is -0.948. The predicted octanol–water partition coefficient (Wildman–Crippen LogP) is 5.18. The SMILES string of the molecule is Cc1ccc(C(=O)NC2=C(C(=O)c3ccccc3)N(Cc3ccccc3)S(=O)(=O)c3ccccc32)cc1. The van der Waals surface area contributed by atoms with E-state index >= 15 is 0 Å². The maximum Gasteiger partial charge on any atom is 0.265 e. The molecule has 184 valence electrons. The summed E-state index contributed by atoms with van der Waals surface area (Å²) in [5.41, 5.74) is 2.73. The van der Waals surface area contributed by atoms with Crippen LogP contribution in [0.3, 0.4) is 0 Å². The van der Waals surface area contributed by atoms with Crippen LogP contribution >= 0.6 is 0 Å². The van der Waals surface area contributed by atoms with Crippen LogP contribution in [0.1, 0.15) is 37.4 Å². The molecule has 0 saturated carbocycles. The van der Waals surface area contributed by atoms with Crippen molar-refractivity contribution in [2.45, 2.75) is 18.4 Å². The second-order valence-electron chi connectivity index (χ2n) is 8.73. The van der Waals surface area contributed by atoms with Crippen LogP contribution < -0.4 is 5.32 Å². The number of nitrogens with zero attached hydrogens (tertiary/aromatic N) is 1. The first-order valence-corrected chi connectivity index (χ1v) is 13.2. The number of carbonyl (C=O) groups is 2. The average molecular weight is 509 g/mol. The lowest BCUT2D eigenvalue weighted by Gasteiger charge is -2.34. The maximum atomic E-state index is 14.0. The molecule has 0 aliphatic carbocycles. The zero-order valence-corrected chi connectivity index (χ0v) is 20.9. The Labute approximate surface area is 215 Å². The summed E-state index contributed by atoms with van der Waals surface area (Å²) in [7, 11) is -4.12. The number of fused-ring (bicyclic) bond motifs is 1. The largest absolute Gasteiger partial charge is 0.319 e. The van der Waals surface area contributed by atoms with Gasteiger partial charge in [0, 0.05) is 16.7 Å². The first kappa shape index (κ1) is 24.2. The van der Waals surface area contributed by atoms with Gasteiger partial charge in [0.1, 0.15) is 5.70 Å². The normalized spacial score (nSPS) is 14.1. The molecule has 1 amide bonds.